The topological polar surface area (TPSA) is 12.0 Å². The van der Waals surface area contributed by atoms with E-state index in [0.29, 0.717) is 23.8 Å². The van der Waals surface area contributed by atoms with Gasteiger partial charge in [-0.25, -0.2) is 8.78 Å². The molecule has 0 aromatic heterocycles. The fourth-order valence-corrected chi connectivity index (χ4v) is 2.32. The quantitative estimate of drug-likeness (QED) is 0.816. The Morgan fingerprint density at radius 3 is 2.94 bits per heavy atom. The third-order valence-electron chi connectivity index (χ3n) is 3.50. The highest BCUT2D eigenvalue weighted by Gasteiger charge is 2.22. The summed E-state index contributed by atoms with van der Waals surface area (Å²) in [5.74, 6) is -0.442. The molecule has 0 aliphatic carbocycles. The van der Waals surface area contributed by atoms with Crippen LogP contribution in [0.5, 0.6) is 0 Å². The van der Waals surface area contributed by atoms with Crippen LogP contribution in [0.4, 0.5) is 8.78 Å². The van der Waals surface area contributed by atoms with Crippen molar-refractivity contribution in [2.24, 2.45) is 11.8 Å². The van der Waals surface area contributed by atoms with Gasteiger partial charge in [0.25, 0.3) is 0 Å². The van der Waals surface area contributed by atoms with E-state index in [9.17, 15) is 8.78 Å². The molecule has 0 amide bonds. The summed E-state index contributed by atoms with van der Waals surface area (Å²) in [5.41, 5.74) is 0.501. The summed E-state index contributed by atoms with van der Waals surface area (Å²) in [7, 11) is 0. The Balaban J connectivity index is 2.10. The first kappa shape index (κ1) is 11.5. The van der Waals surface area contributed by atoms with Crippen LogP contribution in [0.25, 0.3) is 0 Å². The van der Waals surface area contributed by atoms with Crippen LogP contribution in [0.15, 0.2) is 18.2 Å². The number of hydrogen-bond donors (Lipinski definition) is 1. The summed E-state index contributed by atoms with van der Waals surface area (Å²) in [6, 6.07) is 4.43. The van der Waals surface area contributed by atoms with Gasteiger partial charge in [-0.2, -0.15) is 0 Å². The third-order valence-corrected chi connectivity index (χ3v) is 3.50. The van der Waals surface area contributed by atoms with Gasteiger partial charge in [0, 0.05) is 0 Å². The van der Waals surface area contributed by atoms with Gasteiger partial charge in [-0.1, -0.05) is 19.1 Å². The maximum Gasteiger partial charge on any atom is 0.162 e. The molecule has 88 valence electrons. The number of rotatable bonds is 2. The van der Waals surface area contributed by atoms with Crippen LogP contribution in [0.2, 0.25) is 0 Å². The van der Waals surface area contributed by atoms with Crippen LogP contribution in [0, 0.1) is 23.5 Å². The Hall–Kier alpha value is -0.960. The fraction of sp³-hybridized carbons (Fsp3) is 0.538. The first-order valence-corrected chi connectivity index (χ1v) is 5.82. The van der Waals surface area contributed by atoms with Crippen molar-refractivity contribution >= 4 is 0 Å². The van der Waals surface area contributed by atoms with Gasteiger partial charge in [-0.05, 0) is 49.4 Å². The lowest BCUT2D eigenvalue weighted by atomic mass is 9.83. The maximum atomic E-state index is 13.5. The molecule has 1 N–H and O–H groups in total. The first-order chi connectivity index (χ1) is 7.68. The molecular weight excluding hydrogens is 208 g/mol. The second kappa shape index (κ2) is 4.91. The van der Waals surface area contributed by atoms with Gasteiger partial charge < -0.3 is 5.32 Å². The summed E-state index contributed by atoms with van der Waals surface area (Å²) in [6.45, 7) is 4.11. The molecule has 0 radical (unpaired) electrons. The molecule has 0 spiro atoms. The highest BCUT2D eigenvalue weighted by Crippen LogP contribution is 2.24. The average molecular weight is 225 g/mol. The van der Waals surface area contributed by atoms with Crippen molar-refractivity contribution in [2.45, 2.75) is 19.8 Å². The minimum Gasteiger partial charge on any atom is -0.316 e. The van der Waals surface area contributed by atoms with Crippen molar-refractivity contribution in [3.8, 4) is 0 Å². The minimum absolute atomic E-state index is 0.407. The Morgan fingerprint density at radius 2 is 2.19 bits per heavy atom. The highest BCUT2D eigenvalue weighted by molar-refractivity contribution is 5.19. The van der Waals surface area contributed by atoms with E-state index in [1.165, 1.54) is 6.07 Å². The van der Waals surface area contributed by atoms with E-state index >= 15 is 0 Å². The Labute approximate surface area is 94.9 Å². The van der Waals surface area contributed by atoms with E-state index < -0.39 is 11.6 Å². The molecule has 0 saturated carbocycles. The summed E-state index contributed by atoms with van der Waals surface area (Å²) in [5, 5.41) is 3.30. The molecule has 1 nitrogen and oxygen atoms in total. The number of benzene rings is 1. The molecule has 1 aromatic rings. The molecule has 0 bridgehead atoms. The molecule has 2 atom stereocenters. The van der Waals surface area contributed by atoms with E-state index in [2.05, 4.69) is 12.2 Å². The van der Waals surface area contributed by atoms with E-state index in [-0.39, 0.29) is 0 Å². The predicted octanol–water partition coefficient (Wildman–Crippen LogP) is 2.75. The molecular formula is C13H17F2N. The van der Waals surface area contributed by atoms with Gasteiger partial charge in [-0.15, -0.1) is 0 Å². The molecule has 16 heavy (non-hydrogen) atoms. The van der Waals surface area contributed by atoms with Crippen LogP contribution in [0.3, 0.4) is 0 Å². The Morgan fingerprint density at radius 1 is 1.38 bits per heavy atom. The number of piperidine rings is 1. The predicted molar refractivity (Wildman–Crippen MR) is 60.2 cm³/mol. The minimum atomic E-state index is -0.742. The van der Waals surface area contributed by atoms with Crippen LogP contribution < -0.4 is 5.32 Å². The molecule has 2 rings (SSSR count). The van der Waals surface area contributed by atoms with E-state index in [1.807, 2.05) is 0 Å². The zero-order valence-electron chi connectivity index (χ0n) is 9.47. The standard InChI is InChI=1S/C13H17F2N/c1-9-5-6-16-8-11(9)7-10-3-2-4-12(14)13(10)15/h2-4,9,11,16H,5-8H2,1H3. The van der Waals surface area contributed by atoms with Crippen molar-refractivity contribution < 1.29 is 8.78 Å². The molecule has 1 aliphatic heterocycles. The van der Waals surface area contributed by atoms with Crippen molar-refractivity contribution in [1.29, 1.82) is 0 Å². The largest absolute Gasteiger partial charge is 0.316 e. The Bertz CT molecular complexity index is 365. The average Bonchev–Trinajstić information content (AvgIpc) is 2.28. The van der Waals surface area contributed by atoms with Crippen molar-refractivity contribution in [2.75, 3.05) is 13.1 Å². The van der Waals surface area contributed by atoms with Crippen LogP contribution in [-0.4, -0.2) is 13.1 Å². The molecule has 1 fully saturated rings. The normalized spacial score (nSPS) is 25.7. The number of hydrogen-bond acceptors (Lipinski definition) is 1. The number of halogens is 2. The maximum absolute atomic E-state index is 13.5. The zero-order chi connectivity index (χ0) is 11.5. The first-order valence-electron chi connectivity index (χ1n) is 5.82. The molecule has 1 saturated heterocycles. The molecule has 1 heterocycles. The zero-order valence-corrected chi connectivity index (χ0v) is 9.47. The highest BCUT2D eigenvalue weighted by atomic mass is 19.2. The monoisotopic (exact) mass is 225 g/mol. The smallest absolute Gasteiger partial charge is 0.162 e. The second-order valence-electron chi connectivity index (χ2n) is 4.65. The molecule has 1 aliphatic rings. The molecule has 3 heteroatoms. The third kappa shape index (κ3) is 2.40. The van der Waals surface area contributed by atoms with Crippen molar-refractivity contribution in [3.05, 3.63) is 35.4 Å². The van der Waals surface area contributed by atoms with E-state index in [0.717, 1.165) is 19.5 Å². The summed E-state index contributed by atoms with van der Waals surface area (Å²) >= 11 is 0. The SMILES string of the molecule is CC1CCNCC1Cc1cccc(F)c1F. The summed E-state index contributed by atoms with van der Waals surface area (Å²) in [4.78, 5) is 0. The summed E-state index contributed by atoms with van der Waals surface area (Å²) < 4.78 is 26.5. The lowest BCUT2D eigenvalue weighted by Gasteiger charge is -2.29. The van der Waals surface area contributed by atoms with Gasteiger partial charge in [0.1, 0.15) is 0 Å². The Kier molecular flexibility index (Phi) is 3.54. The van der Waals surface area contributed by atoms with Crippen LogP contribution >= 0.6 is 0 Å². The van der Waals surface area contributed by atoms with Gasteiger partial charge in [0.05, 0.1) is 0 Å². The number of nitrogens with one attached hydrogen (secondary N) is 1. The van der Waals surface area contributed by atoms with Crippen LogP contribution in [0.1, 0.15) is 18.9 Å². The van der Waals surface area contributed by atoms with Gasteiger partial charge in [0.15, 0.2) is 11.6 Å². The van der Waals surface area contributed by atoms with E-state index in [4.69, 9.17) is 0 Å². The molecule has 2 unspecified atom stereocenters. The van der Waals surface area contributed by atoms with Crippen molar-refractivity contribution in [3.63, 3.8) is 0 Å². The lowest BCUT2D eigenvalue weighted by Crippen LogP contribution is -2.36. The van der Waals surface area contributed by atoms with Gasteiger partial charge >= 0.3 is 0 Å². The van der Waals surface area contributed by atoms with Gasteiger partial charge in [-0.3, -0.25) is 0 Å². The van der Waals surface area contributed by atoms with Crippen LogP contribution in [-0.2, 0) is 6.42 Å². The fourth-order valence-electron chi connectivity index (χ4n) is 2.32. The molecule has 1 aromatic carbocycles. The van der Waals surface area contributed by atoms with E-state index in [1.54, 1.807) is 12.1 Å². The lowest BCUT2D eigenvalue weighted by molar-refractivity contribution is 0.270. The second-order valence-corrected chi connectivity index (χ2v) is 4.65. The summed E-state index contributed by atoms with van der Waals surface area (Å²) in [6.07, 6.45) is 1.74. The van der Waals surface area contributed by atoms with Crippen molar-refractivity contribution in [1.82, 2.24) is 5.32 Å². The van der Waals surface area contributed by atoms with Gasteiger partial charge in [0.2, 0.25) is 0 Å².